The van der Waals surface area contributed by atoms with Gasteiger partial charge in [-0.2, -0.15) is 15.0 Å². The molecule has 0 N–H and O–H groups in total. The van der Waals surface area contributed by atoms with Gasteiger partial charge in [-0.3, -0.25) is 0 Å². The average molecular weight is 277 g/mol. The maximum Gasteiger partial charge on any atom is 0.116 e. The minimum absolute atomic E-state index is 0. The number of benzene rings is 1. The van der Waals surface area contributed by atoms with Crippen LogP contribution in [0.15, 0.2) is 30.3 Å². The smallest absolute Gasteiger partial charge is 0.116 e. The SMILES string of the molecule is C.C.C.CCCc1nn(C(C)C)nc1-c1ccccc1. The van der Waals surface area contributed by atoms with Crippen molar-refractivity contribution in [3.63, 3.8) is 0 Å². The van der Waals surface area contributed by atoms with Gasteiger partial charge in [0.15, 0.2) is 0 Å². The normalized spacial score (nSPS) is 9.40. The molecule has 2 rings (SSSR count). The largest absolute Gasteiger partial charge is 0.181 e. The van der Waals surface area contributed by atoms with Crippen molar-refractivity contribution in [3.05, 3.63) is 36.0 Å². The zero-order valence-electron chi connectivity index (χ0n) is 10.7. The third-order valence-corrected chi connectivity index (χ3v) is 2.69. The lowest BCUT2D eigenvalue weighted by Crippen LogP contribution is -2.05. The lowest BCUT2D eigenvalue weighted by atomic mass is 10.1. The fourth-order valence-electron chi connectivity index (χ4n) is 1.81. The minimum Gasteiger partial charge on any atom is -0.181 e. The zero-order chi connectivity index (χ0) is 12.3. The fourth-order valence-corrected chi connectivity index (χ4v) is 1.81. The second-order valence-corrected chi connectivity index (χ2v) is 4.53. The molecule has 2 aromatic rings. The van der Waals surface area contributed by atoms with E-state index in [1.807, 2.05) is 23.0 Å². The third kappa shape index (κ3) is 4.48. The predicted octanol–water partition coefficient (Wildman–Crippen LogP) is 5.39. The molecule has 0 radical (unpaired) electrons. The van der Waals surface area contributed by atoms with Crippen molar-refractivity contribution in [2.24, 2.45) is 0 Å². The van der Waals surface area contributed by atoms with Gasteiger partial charge in [0.25, 0.3) is 0 Å². The Hall–Kier alpha value is -1.64. The van der Waals surface area contributed by atoms with Crippen molar-refractivity contribution in [1.82, 2.24) is 15.0 Å². The van der Waals surface area contributed by atoms with Crippen molar-refractivity contribution < 1.29 is 0 Å². The van der Waals surface area contributed by atoms with E-state index in [9.17, 15) is 0 Å². The quantitative estimate of drug-likeness (QED) is 0.750. The molecule has 0 amide bonds. The summed E-state index contributed by atoms with van der Waals surface area (Å²) in [6, 6.07) is 10.6. The molecule has 0 bridgehead atoms. The molecule has 0 atom stereocenters. The summed E-state index contributed by atoms with van der Waals surface area (Å²) in [5.74, 6) is 0. The van der Waals surface area contributed by atoms with E-state index in [2.05, 4.69) is 43.1 Å². The molecular formula is C17H31N3. The summed E-state index contributed by atoms with van der Waals surface area (Å²) in [4.78, 5) is 1.81. The van der Waals surface area contributed by atoms with E-state index >= 15 is 0 Å². The maximum atomic E-state index is 4.60. The van der Waals surface area contributed by atoms with Gasteiger partial charge in [0.05, 0.1) is 11.7 Å². The Morgan fingerprint density at radius 3 is 2.10 bits per heavy atom. The molecule has 1 heterocycles. The Labute approximate surface area is 125 Å². The summed E-state index contributed by atoms with van der Waals surface area (Å²) in [5.41, 5.74) is 3.29. The van der Waals surface area contributed by atoms with E-state index in [1.165, 1.54) is 0 Å². The van der Waals surface area contributed by atoms with Gasteiger partial charge in [-0.05, 0) is 20.3 Å². The van der Waals surface area contributed by atoms with Gasteiger partial charge in [0.2, 0.25) is 0 Å². The summed E-state index contributed by atoms with van der Waals surface area (Å²) >= 11 is 0. The molecule has 3 heteroatoms. The molecule has 0 saturated carbocycles. The molecule has 1 aromatic carbocycles. The highest BCUT2D eigenvalue weighted by molar-refractivity contribution is 5.60. The Bertz CT molecular complexity index is 472. The zero-order valence-corrected chi connectivity index (χ0v) is 10.7. The van der Waals surface area contributed by atoms with Crippen LogP contribution in [0.1, 0.15) is 61.2 Å². The molecule has 20 heavy (non-hydrogen) atoms. The van der Waals surface area contributed by atoms with E-state index in [1.54, 1.807) is 0 Å². The molecule has 0 spiro atoms. The van der Waals surface area contributed by atoms with Crippen LogP contribution in [-0.2, 0) is 6.42 Å². The highest BCUT2D eigenvalue weighted by atomic mass is 15.5. The van der Waals surface area contributed by atoms with Crippen molar-refractivity contribution >= 4 is 0 Å². The summed E-state index contributed by atoms with van der Waals surface area (Å²) in [6.45, 7) is 6.37. The van der Waals surface area contributed by atoms with Gasteiger partial charge in [0, 0.05) is 5.56 Å². The maximum absolute atomic E-state index is 4.60. The highest BCUT2D eigenvalue weighted by Gasteiger charge is 2.13. The van der Waals surface area contributed by atoms with Crippen molar-refractivity contribution in [2.45, 2.75) is 61.9 Å². The van der Waals surface area contributed by atoms with Crippen LogP contribution in [-0.4, -0.2) is 15.0 Å². The molecule has 3 nitrogen and oxygen atoms in total. The summed E-state index contributed by atoms with van der Waals surface area (Å²) < 4.78 is 0. The van der Waals surface area contributed by atoms with Crippen LogP contribution in [0.3, 0.4) is 0 Å². The second-order valence-electron chi connectivity index (χ2n) is 4.53. The van der Waals surface area contributed by atoms with Crippen LogP contribution in [0.5, 0.6) is 0 Å². The molecule has 0 aliphatic rings. The first-order chi connectivity index (χ1) is 8.22. The van der Waals surface area contributed by atoms with E-state index in [0.717, 1.165) is 29.8 Å². The molecular weight excluding hydrogens is 246 g/mol. The molecule has 0 saturated heterocycles. The highest BCUT2D eigenvalue weighted by Crippen LogP contribution is 2.22. The third-order valence-electron chi connectivity index (χ3n) is 2.69. The lowest BCUT2D eigenvalue weighted by molar-refractivity contribution is 0.463. The number of nitrogens with zero attached hydrogens (tertiary/aromatic N) is 3. The Morgan fingerprint density at radius 2 is 1.60 bits per heavy atom. The number of aryl methyl sites for hydroxylation is 1. The van der Waals surface area contributed by atoms with Crippen LogP contribution in [0.25, 0.3) is 11.3 Å². The van der Waals surface area contributed by atoms with Crippen LogP contribution in [0, 0.1) is 0 Å². The van der Waals surface area contributed by atoms with Crippen molar-refractivity contribution in [3.8, 4) is 11.3 Å². The Kier molecular flexibility index (Phi) is 9.61. The number of aromatic nitrogens is 3. The van der Waals surface area contributed by atoms with Crippen LogP contribution in [0.2, 0.25) is 0 Å². The van der Waals surface area contributed by atoms with E-state index in [4.69, 9.17) is 0 Å². The first-order valence-corrected chi connectivity index (χ1v) is 6.23. The number of hydrogen-bond donors (Lipinski definition) is 0. The molecule has 0 aliphatic carbocycles. The summed E-state index contributed by atoms with van der Waals surface area (Å²) in [5, 5.41) is 9.19. The van der Waals surface area contributed by atoms with E-state index < -0.39 is 0 Å². The second kappa shape index (κ2) is 9.29. The van der Waals surface area contributed by atoms with Gasteiger partial charge in [-0.15, -0.1) is 0 Å². The van der Waals surface area contributed by atoms with E-state index in [0.29, 0.717) is 6.04 Å². The van der Waals surface area contributed by atoms with Crippen LogP contribution in [0.4, 0.5) is 0 Å². The molecule has 0 unspecified atom stereocenters. The Balaban J connectivity index is 0. The van der Waals surface area contributed by atoms with Gasteiger partial charge < -0.3 is 0 Å². The van der Waals surface area contributed by atoms with Gasteiger partial charge >= 0.3 is 0 Å². The molecule has 0 fully saturated rings. The lowest BCUT2D eigenvalue weighted by Gasteiger charge is -2.01. The van der Waals surface area contributed by atoms with Crippen molar-refractivity contribution in [1.29, 1.82) is 0 Å². The van der Waals surface area contributed by atoms with Crippen molar-refractivity contribution in [2.75, 3.05) is 0 Å². The van der Waals surface area contributed by atoms with E-state index in [-0.39, 0.29) is 22.3 Å². The average Bonchev–Trinajstić information content (AvgIpc) is 2.75. The van der Waals surface area contributed by atoms with Gasteiger partial charge in [-0.25, -0.2) is 0 Å². The van der Waals surface area contributed by atoms with Gasteiger partial charge in [-0.1, -0.05) is 66.0 Å². The first kappa shape index (κ1) is 20.7. The van der Waals surface area contributed by atoms with Crippen LogP contribution < -0.4 is 0 Å². The molecule has 114 valence electrons. The minimum atomic E-state index is 0. The fraction of sp³-hybridized carbons (Fsp3) is 0.529. The standard InChI is InChI=1S/C14H19N3.3CH4/c1-4-8-13-14(12-9-6-5-7-10-12)16-17(15-13)11(2)3;;;/h5-7,9-11H,4,8H2,1-3H3;3*1H4. The monoisotopic (exact) mass is 277 g/mol. The molecule has 1 aromatic heterocycles. The summed E-state index contributed by atoms with van der Waals surface area (Å²) in [6.07, 6.45) is 2.08. The first-order valence-electron chi connectivity index (χ1n) is 6.23. The predicted molar refractivity (Wildman–Crippen MR) is 90.0 cm³/mol. The number of hydrogen-bond acceptors (Lipinski definition) is 2. The molecule has 0 aliphatic heterocycles. The Morgan fingerprint density at radius 1 is 1.00 bits per heavy atom. The van der Waals surface area contributed by atoms with Gasteiger partial charge in [0.1, 0.15) is 5.69 Å². The van der Waals surface area contributed by atoms with Crippen LogP contribution >= 0.6 is 0 Å². The summed E-state index contributed by atoms with van der Waals surface area (Å²) in [7, 11) is 0. The number of rotatable bonds is 4. The topological polar surface area (TPSA) is 30.7 Å².